The third kappa shape index (κ3) is 2.42. The molecule has 0 aromatic heterocycles. The summed E-state index contributed by atoms with van der Waals surface area (Å²) in [7, 11) is 0. The van der Waals surface area contributed by atoms with Gasteiger partial charge in [-0.3, -0.25) is 0 Å². The molecule has 0 unspecified atom stereocenters. The Bertz CT molecular complexity index is 359. The van der Waals surface area contributed by atoms with Gasteiger partial charge in [0, 0.05) is 10.3 Å². The summed E-state index contributed by atoms with van der Waals surface area (Å²) >= 11 is 1.86. The first-order valence-corrected chi connectivity index (χ1v) is 6.46. The Kier molecular flexibility index (Phi) is 3.57. The van der Waals surface area contributed by atoms with Gasteiger partial charge in [-0.25, -0.2) is 0 Å². The molecule has 0 amide bonds. The summed E-state index contributed by atoms with van der Waals surface area (Å²) in [5.41, 5.74) is 1.06. The van der Waals surface area contributed by atoms with Crippen LogP contribution >= 0.6 is 11.8 Å². The SMILES string of the molecule is CC(C)(CO)c1ccccc1SC1COC1. The van der Waals surface area contributed by atoms with Crippen LogP contribution in [-0.2, 0) is 10.2 Å². The van der Waals surface area contributed by atoms with Gasteiger partial charge in [0.2, 0.25) is 0 Å². The average molecular weight is 238 g/mol. The zero-order chi connectivity index (χ0) is 11.6. The average Bonchev–Trinajstić information content (AvgIpc) is 2.24. The van der Waals surface area contributed by atoms with E-state index in [2.05, 4.69) is 32.0 Å². The van der Waals surface area contributed by atoms with E-state index < -0.39 is 0 Å². The maximum absolute atomic E-state index is 9.44. The number of aliphatic hydroxyl groups excluding tert-OH is 1. The van der Waals surface area contributed by atoms with E-state index >= 15 is 0 Å². The molecule has 0 radical (unpaired) electrons. The van der Waals surface area contributed by atoms with Crippen molar-refractivity contribution in [3.63, 3.8) is 0 Å². The van der Waals surface area contributed by atoms with Crippen molar-refractivity contribution in [2.75, 3.05) is 19.8 Å². The van der Waals surface area contributed by atoms with Gasteiger partial charge in [0.1, 0.15) is 0 Å². The van der Waals surface area contributed by atoms with Gasteiger partial charge in [-0.05, 0) is 11.6 Å². The number of aliphatic hydroxyl groups is 1. The third-order valence-corrected chi connectivity index (χ3v) is 4.13. The molecule has 1 aliphatic heterocycles. The maximum Gasteiger partial charge on any atom is 0.0611 e. The maximum atomic E-state index is 9.44. The molecular weight excluding hydrogens is 220 g/mol. The molecule has 1 N–H and O–H groups in total. The van der Waals surface area contributed by atoms with E-state index in [0.717, 1.165) is 13.2 Å². The molecule has 0 atom stereocenters. The van der Waals surface area contributed by atoms with Crippen LogP contribution in [0.25, 0.3) is 0 Å². The van der Waals surface area contributed by atoms with Crippen LogP contribution in [0.5, 0.6) is 0 Å². The highest BCUT2D eigenvalue weighted by atomic mass is 32.2. The summed E-state index contributed by atoms with van der Waals surface area (Å²) in [6.45, 7) is 6.01. The van der Waals surface area contributed by atoms with E-state index in [0.29, 0.717) is 5.25 Å². The van der Waals surface area contributed by atoms with Crippen molar-refractivity contribution in [3.8, 4) is 0 Å². The van der Waals surface area contributed by atoms with Gasteiger partial charge in [0.15, 0.2) is 0 Å². The normalized spacial score (nSPS) is 17.2. The number of benzene rings is 1. The molecule has 0 saturated carbocycles. The summed E-state index contributed by atoms with van der Waals surface area (Å²) in [4.78, 5) is 1.27. The van der Waals surface area contributed by atoms with Crippen molar-refractivity contribution in [1.29, 1.82) is 0 Å². The number of thioether (sulfide) groups is 1. The lowest BCUT2D eigenvalue weighted by Gasteiger charge is -2.29. The van der Waals surface area contributed by atoms with Gasteiger partial charge < -0.3 is 9.84 Å². The molecule has 16 heavy (non-hydrogen) atoms. The first kappa shape index (κ1) is 12.0. The minimum absolute atomic E-state index is 0.172. The molecule has 88 valence electrons. The van der Waals surface area contributed by atoms with Crippen molar-refractivity contribution < 1.29 is 9.84 Å². The second-order valence-electron chi connectivity index (χ2n) is 4.82. The summed E-state index contributed by atoms with van der Waals surface area (Å²) in [6, 6.07) is 8.33. The van der Waals surface area contributed by atoms with Crippen LogP contribution in [-0.4, -0.2) is 30.2 Å². The van der Waals surface area contributed by atoms with Crippen LogP contribution in [0, 0.1) is 0 Å². The monoisotopic (exact) mass is 238 g/mol. The topological polar surface area (TPSA) is 29.5 Å². The molecule has 0 aliphatic carbocycles. The smallest absolute Gasteiger partial charge is 0.0611 e. The standard InChI is InChI=1S/C13H18O2S/c1-13(2,9-14)11-5-3-4-6-12(11)16-10-7-15-8-10/h3-6,10,14H,7-9H2,1-2H3. The predicted molar refractivity (Wildman–Crippen MR) is 67.0 cm³/mol. The van der Waals surface area contributed by atoms with Crippen molar-refractivity contribution in [1.82, 2.24) is 0 Å². The molecule has 1 heterocycles. The highest BCUT2D eigenvalue weighted by Gasteiger charge is 2.26. The first-order valence-electron chi connectivity index (χ1n) is 5.58. The Morgan fingerprint density at radius 1 is 1.38 bits per heavy atom. The molecule has 0 bridgehead atoms. The van der Waals surface area contributed by atoms with Crippen LogP contribution in [0.4, 0.5) is 0 Å². The number of rotatable bonds is 4. The molecule has 2 rings (SSSR count). The minimum Gasteiger partial charge on any atom is -0.395 e. The van der Waals surface area contributed by atoms with Crippen LogP contribution < -0.4 is 0 Å². The van der Waals surface area contributed by atoms with Gasteiger partial charge >= 0.3 is 0 Å². The zero-order valence-corrected chi connectivity index (χ0v) is 10.6. The lowest BCUT2D eigenvalue weighted by molar-refractivity contribution is 0.0455. The van der Waals surface area contributed by atoms with E-state index in [4.69, 9.17) is 4.74 Å². The number of ether oxygens (including phenoxy) is 1. The summed E-state index contributed by atoms with van der Waals surface area (Å²) in [5, 5.41) is 10.0. The molecule has 0 spiro atoms. The second-order valence-corrected chi connectivity index (χ2v) is 6.16. The molecule has 2 nitrogen and oxygen atoms in total. The fourth-order valence-electron chi connectivity index (χ4n) is 1.68. The van der Waals surface area contributed by atoms with E-state index in [-0.39, 0.29) is 12.0 Å². The number of hydrogen-bond acceptors (Lipinski definition) is 3. The highest BCUT2D eigenvalue weighted by molar-refractivity contribution is 8.00. The summed E-state index contributed by atoms with van der Waals surface area (Å²) < 4.78 is 5.19. The summed E-state index contributed by atoms with van der Waals surface area (Å²) in [5.74, 6) is 0. The third-order valence-electron chi connectivity index (χ3n) is 2.91. The molecule has 1 fully saturated rings. The molecule has 1 aromatic carbocycles. The van der Waals surface area contributed by atoms with Crippen molar-refractivity contribution in [2.24, 2.45) is 0 Å². The van der Waals surface area contributed by atoms with Crippen LogP contribution in [0.1, 0.15) is 19.4 Å². The lowest BCUT2D eigenvalue weighted by atomic mass is 9.86. The molecule has 1 aromatic rings. The highest BCUT2D eigenvalue weighted by Crippen LogP contribution is 2.36. The largest absolute Gasteiger partial charge is 0.395 e. The van der Waals surface area contributed by atoms with Crippen molar-refractivity contribution in [2.45, 2.75) is 29.4 Å². The predicted octanol–water partition coefficient (Wildman–Crippen LogP) is 2.45. The summed E-state index contributed by atoms with van der Waals surface area (Å²) in [6.07, 6.45) is 0. The van der Waals surface area contributed by atoms with E-state index in [1.807, 2.05) is 17.8 Å². The zero-order valence-electron chi connectivity index (χ0n) is 9.77. The molecular formula is C13H18O2S. The van der Waals surface area contributed by atoms with Crippen LogP contribution in [0.2, 0.25) is 0 Å². The van der Waals surface area contributed by atoms with Crippen LogP contribution in [0.3, 0.4) is 0 Å². The fourth-order valence-corrected chi connectivity index (χ4v) is 2.99. The lowest BCUT2D eigenvalue weighted by Crippen LogP contribution is -2.31. The van der Waals surface area contributed by atoms with Crippen molar-refractivity contribution in [3.05, 3.63) is 29.8 Å². The van der Waals surface area contributed by atoms with Crippen LogP contribution in [0.15, 0.2) is 29.2 Å². The Labute approximate surface area is 101 Å². The minimum atomic E-state index is -0.172. The first-order chi connectivity index (χ1) is 7.63. The Morgan fingerprint density at radius 3 is 2.62 bits per heavy atom. The van der Waals surface area contributed by atoms with Gasteiger partial charge in [0.25, 0.3) is 0 Å². The second kappa shape index (κ2) is 4.78. The van der Waals surface area contributed by atoms with Gasteiger partial charge in [-0.1, -0.05) is 32.0 Å². The Balaban J connectivity index is 2.22. The molecule has 1 saturated heterocycles. The van der Waals surface area contributed by atoms with E-state index in [1.54, 1.807) is 0 Å². The molecule has 3 heteroatoms. The fraction of sp³-hybridized carbons (Fsp3) is 0.538. The van der Waals surface area contributed by atoms with E-state index in [1.165, 1.54) is 10.5 Å². The van der Waals surface area contributed by atoms with Gasteiger partial charge in [-0.2, -0.15) is 0 Å². The van der Waals surface area contributed by atoms with Crippen molar-refractivity contribution >= 4 is 11.8 Å². The van der Waals surface area contributed by atoms with Gasteiger partial charge in [0.05, 0.1) is 25.1 Å². The quantitative estimate of drug-likeness (QED) is 0.873. The van der Waals surface area contributed by atoms with Gasteiger partial charge in [-0.15, -0.1) is 11.8 Å². The van der Waals surface area contributed by atoms with E-state index in [9.17, 15) is 5.11 Å². The number of hydrogen-bond donors (Lipinski definition) is 1. The Morgan fingerprint density at radius 2 is 2.06 bits per heavy atom. The Hall–Kier alpha value is -0.510. The molecule has 1 aliphatic rings.